The Bertz CT molecular complexity index is 1650. The molecule has 0 unspecified atom stereocenters. The van der Waals surface area contributed by atoms with Gasteiger partial charge in [0.25, 0.3) is 41.4 Å². The fraction of sp³-hybridized carbons (Fsp3) is 0.714. The third-order valence-electron chi connectivity index (χ3n) is 10.2. The van der Waals surface area contributed by atoms with Crippen LogP contribution in [0.2, 0.25) is 0 Å². The van der Waals surface area contributed by atoms with Crippen LogP contribution in [0.25, 0.3) is 0 Å². The Labute approximate surface area is 488 Å². The summed E-state index contributed by atoms with van der Waals surface area (Å²) in [6, 6.07) is -6.42. The summed E-state index contributed by atoms with van der Waals surface area (Å²) in [4.78, 5) is 148. The van der Waals surface area contributed by atoms with E-state index in [-0.39, 0.29) is 129 Å². The van der Waals surface area contributed by atoms with Gasteiger partial charge in [-0.05, 0) is 41.4 Å². The van der Waals surface area contributed by atoms with E-state index in [2.05, 4.69) is 77.4 Å². The molecule has 0 saturated carbocycles. The van der Waals surface area contributed by atoms with E-state index in [0.717, 1.165) is 0 Å². The first kappa shape index (κ1) is 90.1. The Hall–Kier alpha value is -7.70. The second-order valence-corrected chi connectivity index (χ2v) is 20.0. The molecule has 84 heavy (non-hydrogen) atoms. The summed E-state index contributed by atoms with van der Waals surface area (Å²) >= 11 is 0. The maximum Gasteiger partial charge on any atom is 0.275 e. The maximum absolute atomic E-state index is 10.8. The lowest BCUT2D eigenvalue weighted by Gasteiger charge is -2.22. The Morgan fingerprint density at radius 1 is 0.214 bits per heavy atom. The molecule has 7 amide bonds. The summed E-state index contributed by atoms with van der Waals surface area (Å²) in [5.41, 5.74) is 23.3. The van der Waals surface area contributed by atoms with Crippen LogP contribution in [0.1, 0.15) is 96.9 Å². The SMILES string of the molecule is CC(C)[C@H](NC(=O)C[NH3+])C(=O)[O-].CC(C)[C@H](NC(=O)C[NH3+])C(=O)[O-].CC(C)[C@H](NC(=O)C[NH3+])C(=O)[O-].CC(C)[C@H](NC(=O)C[NH3+])C(=O)[O-].CC(C)[C@H](NC(=O)C[NH3+])C(=O)[O-].CC(C)[C@H](NC(=O)C[NH3+])C(=O)[O-].CC(C)[C@H](NC(=O)C[NH3+])C(=O)[O-]. The number of carbonyl (C=O) groups excluding carboxylic acids is 14. The van der Waals surface area contributed by atoms with Crippen molar-refractivity contribution in [2.45, 2.75) is 139 Å². The van der Waals surface area contributed by atoms with Crippen molar-refractivity contribution in [2.24, 2.45) is 41.4 Å². The number of rotatable bonds is 28. The van der Waals surface area contributed by atoms with Gasteiger partial charge in [0, 0.05) is 0 Å². The van der Waals surface area contributed by atoms with E-state index in [0.29, 0.717) is 0 Å². The van der Waals surface area contributed by atoms with Crippen molar-refractivity contribution in [3.05, 3.63) is 0 Å². The molecule has 0 rings (SSSR count). The summed E-state index contributed by atoms with van der Waals surface area (Å²) in [5, 5.41) is 89.2. The van der Waals surface area contributed by atoms with Crippen LogP contribution < -0.4 is 113 Å². The lowest BCUT2D eigenvalue weighted by atomic mass is 10.1. The van der Waals surface area contributed by atoms with Gasteiger partial charge in [0.15, 0.2) is 45.8 Å². The first-order valence-electron chi connectivity index (χ1n) is 26.5. The van der Waals surface area contributed by atoms with Gasteiger partial charge < -0.3 is 147 Å². The molecule has 28 N–H and O–H groups in total. The molecular weight excluding hydrogens is 1120 g/mol. The van der Waals surface area contributed by atoms with E-state index in [4.69, 9.17) is 0 Å². The van der Waals surface area contributed by atoms with Crippen molar-refractivity contribution in [1.82, 2.24) is 37.2 Å². The molecule has 0 aromatic carbocycles. The van der Waals surface area contributed by atoms with E-state index >= 15 is 0 Å². The fourth-order valence-corrected chi connectivity index (χ4v) is 5.20. The quantitative estimate of drug-likeness (QED) is 0.0346. The molecule has 0 radical (unpaired) electrons. The molecule has 35 nitrogen and oxygen atoms in total. The zero-order valence-corrected chi connectivity index (χ0v) is 51.1. The lowest BCUT2D eigenvalue weighted by Crippen LogP contribution is -2.61. The van der Waals surface area contributed by atoms with Crippen LogP contribution in [0.3, 0.4) is 0 Å². The van der Waals surface area contributed by atoms with E-state index in [9.17, 15) is 103 Å². The highest BCUT2D eigenvalue weighted by molar-refractivity contribution is 5.86. The molecular formula is C49H98N14O21. The van der Waals surface area contributed by atoms with Gasteiger partial charge in [-0.3, -0.25) is 33.6 Å². The molecule has 7 atom stereocenters. The summed E-state index contributed by atoms with van der Waals surface area (Å²) < 4.78 is 0. The predicted molar refractivity (Wildman–Crippen MR) is 277 cm³/mol. The molecule has 0 bridgehead atoms. The molecule has 0 aliphatic rings. The van der Waals surface area contributed by atoms with Crippen molar-refractivity contribution in [1.29, 1.82) is 0 Å². The number of amides is 7. The van der Waals surface area contributed by atoms with Crippen molar-refractivity contribution < 1.29 is 143 Å². The fourth-order valence-electron chi connectivity index (χ4n) is 5.20. The Kier molecular flexibility index (Phi) is 54.7. The maximum atomic E-state index is 10.8. The molecule has 0 aliphatic carbocycles. The molecule has 35 heteroatoms. The van der Waals surface area contributed by atoms with Crippen LogP contribution in [-0.4, -0.2) is 171 Å². The normalized spacial score (nSPS) is 12.7. The largest absolute Gasteiger partial charge is 0.548 e. The number of nitrogens with one attached hydrogen (secondary N) is 7. The average Bonchev–Trinajstić information content (AvgIpc) is 3.39. The third kappa shape index (κ3) is 49.0. The number of quaternary nitrogens is 7. The van der Waals surface area contributed by atoms with Crippen molar-refractivity contribution in [3.8, 4) is 0 Å². The Morgan fingerprint density at radius 3 is 0.321 bits per heavy atom. The van der Waals surface area contributed by atoms with Gasteiger partial charge in [-0.2, -0.15) is 0 Å². The van der Waals surface area contributed by atoms with E-state index < -0.39 is 84.1 Å². The molecule has 0 aliphatic heterocycles. The first-order chi connectivity index (χ1) is 38.4. The molecule has 0 fully saturated rings. The van der Waals surface area contributed by atoms with E-state index in [1.54, 1.807) is 96.9 Å². The van der Waals surface area contributed by atoms with Crippen LogP contribution in [-0.2, 0) is 67.1 Å². The van der Waals surface area contributed by atoms with Crippen LogP contribution in [0.5, 0.6) is 0 Å². The molecule has 0 heterocycles. The zero-order chi connectivity index (χ0) is 68.1. The average molecular weight is 1220 g/mol. The summed E-state index contributed by atoms with van der Waals surface area (Å²) in [5.74, 6) is -12.7. The summed E-state index contributed by atoms with van der Waals surface area (Å²) in [6.45, 7) is 24.0. The minimum atomic E-state index is -1.26. The van der Waals surface area contributed by atoms with Gasteiger partial charge in [0.2, 0.25) is 0 Å². The topological polar surface area (TPSA) is 678 Å². The van der Waals surface area contributed by atoms with Gasteiger partial charge in [-0.15, -0.1) is 0 Å². The van der Waals surface area contributed by atoms with Gasteiger partial charge in [0.1, 0.15) is 0 Å². The van der Waals surface area contributed by atoms with Gasteiger partial charge >= 0.3 is 0 Å². The summed E-state index contributed by atoms with van der Waals surface area (Å²) in [6.07, 6.45) is 0. The van der Waals surface area contributed by atoms with Gasteiger partial charge in [-0.25, -0.2) is 0 Å². The molecule has 0 aromatic heterocycles. The van der Waals surface area contributed by atoms with Crippen molar-refractivity contribution in [3.63, 3.8) is 0 Å². The third-order valence-corrected chi connectivity index (χ3v) is 10.2. The van der Waals surface area contributed by atoms with E-state index in [1.807, 2.05) is 0 Å². The minimum Gasteiger partial charge on any atom is -0.548 e. The molecule has 0 spiro atoms. The van der Waals surface area contributed by atoms with E-state index in [1.165, 1.54) is 0 Å². The van der Waals surface area contributed by atoms with Crippen LogP contribution >= 0.6 is 0 Å². The number of carboxylic acid groups (broad SMARTS) is 7. The first-order valence-corrected chi connectivity index (χ1v) is 26.5. The van der Waals surface area contributed by atoms with Gasteiger partial charge in [0.05, 0.1) is 84.1 Å². The Balaban J connectivity index is -0.000000165. The number of carboxylic acids is 7. The highest BCUT2D eigenvalue weighted by Crippen LogP contribution is 2.04. The van der Waals surface area contributed by atoms with Crippen molar-refractivity contribution >= 4 is 83.1 Å². The highest BCUT2D eigenvalue weighted by atomic mass is 16.4. The smallest absolute Gasteiger partial charge is 0.275 e. The second-order valence-electron chi connectivity index (χ2n) is 20.0. The molecule has 0 saturated heterocycles. The number of hydrogen-bond acceptors (Lipinski definition) is 21. The highest BCUT2D eigenvalue weighted by Gasteiger charge is 2.22. The number of hydrogen-bond donors (Lipinski definition) is 14. The van der Waals surface area contributed by atoms with Crippen molar-refractivity contribution in [2.75, 3.05) is 45.8 Å². The molecule has 490 valence electrons. The monoisotopic (exact) mass is 1220 g/mol. The molecule has 0 aromatic rings. The van der Waals surface area contributed by atoms with Crippen LogP contribution in [0.4, 0.5) is 0 Å². The lowest BCUT2D eigenvalue weighted by molar-refractivity contribution is -0.355. The standard InChI is InChI=1S/7C7H14N2O3/c7*1-4(2)6(7(11)12)9-5(10)3-8/h7*4,6H,3,8H2,1-2H3,(H,9,10)(H,11,12)/t7*6-/m0000000/s1. The van der Waals surface area contributed by atoms with Crippen LogP contribution in [0, 0.1) is 41.4 Å². The van der Waals surface area contributed by atoms with Crippen LogP contribution in [0.15, 0.2) is 0 Å². The minimum absolute atomic E-state index is 0.0382. The predicted octanol–water partition coefficient (Wildman–Crippen LogP) is -20.2. The zero-order valence-electron chi connectivity index (χ0n) is 51.1. The number of aliphatic carboxylic acids is 7. The summed E-state index contributed by atoms with van der Waals surface area (Å²) in [7, 11) is 0. The number of carbonyl (C=O) groups is 14. The second kappa shape index (κ2) is 51.0. The Morgan fingerprint density at radius 2 is 0.286 bits per heavy atom. The van der Waals surface area contributed by atoms with Gasteiger partial charge in [-0.1, -0.05) is 96.9 Å².